The average molecular weight is 491 g/mol. The highest BCUT2D eigenvalue weighted by Gasteiger charge is 2.13. The van der Waals surface area contributed by atoms with Gasteiger partial charge in [0.15, 0.2) is 0 Å². The van der Waals surface area contributed by atoms with Crippen molar-refractivity contribution < 1.29 is 9.59 Å². The molecular formula is C30H42N4O2. The topological polar surface area (TPSA) is 82.9 Å². The van der Waals surface area contributed by atoms with Crippen LogP contribution < -0.4 is 10.9 Å². The Morgan fingerprint density at radius 1 is 0.611 bits per heavy atom. The van der Waals surface area contributed by atoms with Crippen LogP contribution in [0.15, 0.2) is 58.7 Å². The molecule has 0 spiro atoms. The van der Waals surface area contributed by atoms with Gasteiger partial charge in [-0.2, -0.15) is 10.2 Å². The minimum absolute atomic E-state index is 0.0971. The van der Waals surface area contributed by atoms with Crippen molar-refractivity contribution >= 4 is 24.2 Å². The number of carbonyl (C=O) groups is 2. The van der Waals surface area contributed by atoms with E-state index in [2.05, 4.69) is 86.9 Å². The van der Waals surface area contributed by atoms with Gasteiger partial charge in [-0.25, -0.2) is 10.9 Å². The molecule has 0 saturated carbocycles. The molecule has 0 fully saturated rings. The van der Waals surface area contributed by atoms with Crippen molar-refractivity contribution in [3.63, 3.8) is 0 Å². The molecule has 0 aliphatic heterocycles. The summed E-state index contributed by atoms with van der Waals surface area (Å²) in [7, 11) is 0. The molecule has 36 heavy (non-hydrogen) atoms. The van der Waals surface area contributed by atoms with Crippen LogP contribution in [0.3, 0.4) is 0 Å². The van der Waals surface area contributed by atoms with Gasteiger partial charge in [0.1, 0.15) is 0 Å². The Kier molecular flexibility index (Phi) is 11.0. The molecule has 6 nitrogen and oxygen atoms in total. The van der Waals surface area contributed by atoms with Crippen LogP contribution in [-0.2, 0) is 20.4 Å². The maximum Gasteiger partial charge on any atom is 0.240 e. The van der Waals surface area contributed by atoms with Gasteiger partial charge in [-0.3, -0.25) is 9.59 Å². The van der Waals surface area contributed by atoms with Crippen molar-refractivity contribution in [2.45, 2.75) is 90.9 Å². The number of benzene rings is 2. The quantitative estimate of drug-likeness (QED) is 0.223. The molecule has 0 atom stereocenters. The van der Waals surface area contributed by atoms with Crippen LogP contribution >= 0.6 is 0 Å². The Balaban J connectivity index is 1.55. The van der Waals surface area contributed by atoms with Gasteiger partial charge in [0.05, 0.1) is 12.4 Å². The molecule has 2 rings (SSSR count). The molecule has 0 saturated heterocycles. The monoisotopic (exact) mass is 490 g/mol. The molecule has 0 heterocycles. The summed E-state index contributed by atoms with van der Waals surface area (Å²) in [4.78, 5) is 23.9. The molecule has 194 valence electrons. The fraction of sp³-hybridized carbons (Fsp3) is 0.467. The van der Waals surface area contributed by atoms with Gasteiger partial charge < -0.3 is 0 Å². The van der Waals surface area contributed by atoms with Crippen LogP contribution in [0.25, 0.3) is 0 Å². The third kappa shape index (κ3) is 11.0. The summed E-state index contributed by atoms with van der Waals surface area (Å²) in [6, 6.07) is 16.3. The lowest BCUT2D eigenvalue weighted by Crippen LogP contribution is -2.17. The van der Waals surface area contributed by atoms with Gasteiger partial charge in [0.2, 0.25) is 11.8 Å². The predicted octanol–water partition coefficient (Wildman–Crippen LogP) is 6.22. The van der Waals surface area contributed by atoms with Crippen molar-refractivity contribution in [2.24, 2.45) is 10.2 Å². The first-order chi connectivity index (χ1) is 16.9. The third-order valence-electron chi connectivity index (χ3n) is 5.92. The summed E-state index contributed by atoms with van der Waals surface area (Å²) in [6.07, 6.45) is 7.48. The lowest BCUT2D eigenvalue weighted by Gasteiger charge is -2.18. The molecule has 0 aliphatic rings. The molecule has 0 bridgehead atoms. The Bertz CT molecular complexity index is 939. The highest BCUT2D eigenvalue weighted by atomic mass is 16.2. The first-order valence-electron chi connectivity index (χ1n) is 12.8. The Morgan fingerprint density at radius 3 is 1.25 bits per heavy atom. The van der Waals surface area contributed by atoms with E-state index in [1.54, 1.807) is 12.4 Å². The number of nitrogens with zero attached hydrogens (tertiary/aromatic N) is 2. The molecule has 0 aliphatic carbocycles. The normalized spacial score (nSPS) is 12.3. The van der Waals surface area contributed by atoms with Crippen molar-refractivity contribution in [3.05, 3.63) is 70.8 Å². The number of rotatable bonds is 11. The molecule has 6 heteroatoms. The second kappa shape index (κ2) is 13.7. The van der Waals surface area contributed by atoms with Gasteiger partial charge in [-0.1, -0.05) is 103 Å². The number of hydrogen-bond acceptors (Lipinski definition) is 4. The highest BCUT2D eigenvalue weighted by molar-refractivity contribution is 5.83. The maximum absolute atomic E-state index is 12.0. The van der Waals surface area contributed by atoms with E-state index in [0.29, 0.717) is 12.8 Å². The highest BCUT2D eigenvalue weighted by Crippen LogP contribution is 2.22. The van der Waals surface area contributed by atoms with Crippen molar-refractivity contribution in [3.8, 4) is 0 Å². The van der Waals surface area contributed by atoms with E-state index in [1.807, 2.05) is 24.3 Å². The van der Waals surface area contributed by atoms with E-state index in [9.17, 15) is 9.59 Å². The first-order valence-corrected chi connectivity index (χ1v) is 12.8. The third-order valence-corrected chi connectivity index (χ3v) is 5.92. The summed E-state index contributed by atoms with van der Waals surface area (Å²) in [5.41, 5.74) is 9.81. The summed E-state index contributed by atoms with van der Waals surface area (Å²) in [5.74, 6) is -0.194. The van der Waals surface area contributed by atoms with E-state index in [-0.39, 0.29) is 22.6 Å². The first kappa shape index (κ1) is 29.0. The van der Waals surface area contributed by atoms with Crippen LogP contribution in [0.5, 0.6) is 0 Å². The van der Waals surface area contributed by atoms with Gasteiger partial charge >= 0.3 is 0 Å². The average Bonchev–Trinajstić information content (AvgIpc) is 2.81. The Labute approximate surface area is 216 Å². The van der Waals surface area contributed by atoms with E-state index in [1.165, 1.54) is 11.1 Å². The van der Waals surface area contributed by atoms with Gasteiger partial charge in [0.25, 0.3) is 0 Å². The number of hydrogen-bond donors (Lipinski definition) is 2. The van der Waals surface area contributed by atoms with Gasteiger partial charge in [-0.15, -0.1) is 0 Å². The Morgan fingerprint density at radius 2 is 0.944 bits per heavy atom. The fourth-order valence-electron chi connectivity index (χ4n) is 3.53. The van der Waals surface area contributed by atoms with Crippen LogP contribution in [0.2, 0.25) is 0 Å². The lowest BCUT2D eigenvalue weighted by molar-refractivity contribution is -0.122. The number of hydrazone groups is 2. The standard InChI is InChI=1S/C30H42N4O2/c1-29(2,3)25-17-13-23(14-18-25)21-31-33-27(35)11-9-7-8-10-12-28(36)34-32-22-24-15-19-26(20-16-24)30(4,5)6/h13-22H,7-12H2,1-6H3,(H,33,35)(H,34,36). The fourth-order valence-corrected chi connectivity index (χ4v) is 3.53. The number of amides is 2. The summed E-state index contributed by atoms with van der Waals surface area (Å²) < 4.78 is 0. The van der Waals surface area contributed by atoms with Crippen molar-refractivity contribution in [2.75, 3.05) is 0 Å². The number of unbranched alkanes of at least 4 members (excludes halogenated alkanes) is 3. The second-order valence-corrected chi connectivity index (χ2v) is 11.2. The van der Waals surface area contributed by atoms with Crippen LogP contribution in [-0.4, -0.2) is 24.2 Å². The van der Waals surface area contributed by atoms with E-state index < -0.39 is 0 Å². The van der Waals surface area contributed by atoms with Crippen LogP contribution in [0.4, 0.5) is 0 Å². The van der Waals surface area contributed by atoms with Gasteiger partial charge in [0, 0.05) is 12.8 Å². The predicted molar refractivity (Wildman–Crippen MR) is 149 cm³/mol. The lowest BCUT2D eigenvalue weighted by atomic mass is 9.87. The molecular weight excluding hydrogens is 448 g/mol. The maximum atomic E-state index is 12.0. The molecule has 0 unspecified atom stereocenters. The molecule has 2 aromatic rings. The zero-order valence-electron chi connectivity index (χ0n) is 22.7. The van der Waals surface area contributed by atoms with E-state index in [0.717, 1.165) is 36.8 Å². The second-order valence-electron chi connectivity index (χ2n) is 11.2. The molecule has 2 aromatic carbocycles. The zero-order chi connectivity index (χ0) is 26.6. The Hall–Kier alpha value is -3.28. The molecule has 0 aromatic heterocycles. The number of carbonyl (C=O) groups excluding carboxylic acids is 2. The van der Waals surface area contributed by atoms with Gasteiger partial charge in [-0.05, 0) is 45.9 Å². The molecule has 2 N–H and O–H groups in total. The van der Waals surface area contributed by atoms with E-state index >= 15 is 0 Å². The van der Waals surface area contributed by atoms with E-state index in [4.69, 9.17) is 0 Å². The summed E-state index contributed by atoms with van der Waals surface area (Å²) >= 11 is 0. The number of nitrogens with one attached hydrogen (secondary N) is 2. The summed E-state index contributed by atoms with van der Waals surface area (Å²) in [6.45, 7) is 13.1. The molecule has 2 amide bonds. The van der Waals surface area contributed by atoms with Crippen LogP contribution in [0, 0.1) is 0 Å². The minimum atomic E-state index is -0.0971. The van der Waals surface area contributed by atoms with Crippen molar-refractivity contribution in [1.82, 2.24) is 10.9 Å². The van der Waals surface area contributed by atoms with Crippen molar-refractivity contribution in [1.29, 1.82) is 0 Å². The largest absolute Gasteiger partial charge is 0.273 e. The SMILES string of the molecule is CC(C)(C)c1ccc(C=NNC(=O)CCCCCCC(=O)NN=Cc2ccc(C(C)(C)C)cc2)cc1. The molecule has 0 radical (unpaired) electrons. The smallest absolute Gasteiger partial charge is 0.240 e. The zero-order valence-corrected chi connectivity index (χ0v) is 22.7. The minimum Gasteiger partial charge on any atom is -0.273 e. The van der Waals surface area contributed by atoms with Crippen LogP contribution in [0.1, 0.15) is 102 Å². The summed E-state index contributed by atoms with van der Waals surface area (Å²) in [5, 5.41) is 8.09.